The summed E-state index contributed by atoms with van der Waals surface area (Å²) in [5, 5.41) is 0. The summed E-state index contributed by atoms with van der Waals surface area (Å²) < 4.78 is 30.9. The molecular weight excluding hydrogens is 254 g/mol. The minimum atomic E-state index is -3.85. The molecule has 0 aliphatic rings. The number of sulfonamides is 1. The topological polar surface area (TPSA) is 72.5 Å². The first-order valence-corrected chi connectivity index (χ1v) is 6.56. The summed E-state index contributed by atoms with van der Waals surface area (Å²) in [6, 6.07) is 5.09. The molecule has 0 radical (unpaired) electrons. The van der Waals surface area contributed by atoms with E-state index in [0.717, 1.165) is 0 Å². The van der Waals surface area contributed by atoms with Crippen molar-refractivity contribution in [2.75, 3.05) is 7.11 Å². The van der Waals surface area contributed by atoms with E-state index in [2.05, 4.69) is 15.4 Å². The molecule has 1 unspecified atom stereocenters. The van der Waals surface area contributed by atoms with Gasteiger partial charge in [-0.05, 0) is 19.1 Å². The zero-order chi connectivity index (χ0) is 13.8. The number of nitrogens with one attached hydrogen (secondary N) is 1. The van der Waals surface area contributed by atoms with Gasteiger partial charge in [0.1, 0.15) is 0 Å². The number of terminal acetylenes is 1. The predicted molar refractivity (Wildman–Crippen MR) is 66.4 cm³/mol. The van der Waals surface area contributed by atoms with Crippen molar-refractivity contribution in [3.63, 3.8) is 0 Å². The van der Waals surface area contributed by atoms with Gasteiger partial charge >= 0.3 is 5.97 Å². The van der Waals surface area contributed by atoms with Crippen LogP contribution in [0.15, 0.2) is 29.2 Å². The molecular formula is C12H13NO4S. The second-order valence-corrected chi connectivity index (χ2v) is 5.18. The van der Waals surface area contributed by atoms with Crippen molar-refractivity contribution in [1.29, 1.82) is 0 Å². The molecule has 0 bridgehead atoms. The zero-order valence-electron chi connectivity index (χ0n) is 10.0. The molecule has 1 N–H and O–H groups in total. The third-order valence-electron chi connectivity index (χ3n) is 2.16. The average Bonchev–Trinajstić information content (AvgIpc) is 2.37. The second-order valence-electron chi connectivity index (χ2n) is 3.50. The van der Waals surface area contributed by atoms with Crippen molar-refractivity contribution in [2.45, 2.75) is 17.9 Å². The molecule has 0 spiro atoms. The van der Waals surface area contributed by atoms with Crippen LogP contribution in [0.1, 0.15) is 17.3 Å². The third kappa shape index (κ3) is 3.09. The first-order valence-electron chi connectivity index (χ1n) is 5.08. The molecule has 18 heavy (non-hydrogen) atoms. The minimum Gasteiger partial charge on any atom is -0.465 e. The molecule has 1 aromatic rings. The highest BCUT2D eigenvalue weighted by Crippen LogP contribution is 2.16. The summed E-state index contributed by atoms with van der Waals surface area (Å²) in [4.78, 5) is 11.3. The van der Waals surface area contributed by atoms with Crippen LogP contribution < -0.4 is 4.72 Å². The van der Waals surface area contributed by atoms with Crippen LogP contribution in [0.25, 0.3) is 0 Å². The van der Waals surface area contributed by atoms with Crippen molar-refractivity contribution in [3.8, 4) is 12.3 Å². The maximum Gasteiger partial charge on any atom is 0.339 e. The van der Waals surface area contributed by atoms with Crippen LogP contribution in [0.2, 0.25) is 0 Å². The largest absolute Gasteiger partial charge is 0.465 e. The van der Waals surface area contributed by atoms with E-state index in [9.17, 15) is 13.2 Å². The molecule has 0 saturated heterocycles. The van der Waals surface area contributed by atoms with Gasteiger partial charge in [0.25, 0.3) is 0 Å². The summed E-state index contributed by atoms with van der Waals surface area (Å²) in [6.45, 7) is 1.53. The molecule has 0 aliphatic heterocycles. The number of esters is 1. The number of methoxy groups -OCH3 is 1. The van der Waals surface area contributed by atoms with E-state index in [1.807, 2.05) is 0 Å². The Morgan fingerprint density at radius 1 is 1.44 bits per heavy atom. The summed E-state index contributed by atoms with van der Waals surface area (Å²) in [6.07, 6.45) is 5.11. The second kappa shape index (κ2) is 5.67. The summed E-state index contributed by atoms with van der Waals surface area (Å²) >= 11 is 0. The first kappa shape index (κ1) is 14.2. The Kier molecular flexibility index (Phi) is 4.48. The number of benzene rings is 1. The maximum atomic E-state index is 12.0. The van der Waals surface area contributed by atoms with Crippen LogP contribution in [0.3, 0.4) is 0 Å². The Morgan fingerprint density at radius 3 is 2.61 bits per heavy atom. The highest BCUT2D eigenvalue weighted by molar-refractivity contribution is 7.89. The molecule has 0 amide bonds. The van der Waals surface area contributed by atoms with Crippen molar-refractivity contribution in [1.82, 2.24) is 4.72 Å². The van der Waals surface area contributed by atoms with Gasteiger partial charge in [0.15, 0.2) is 0 Å². The molecule has 1 aromatic carbocycles. The van der Waals surface area contributed by atoms with Crippen LogP contribution in [-0.2, 0) is 14.8 Å². The summed E-state index contributed by atoms with van der Waals surface area (Å²) in [7, 11) is -2.67. The fourth-order valence-corrected chi connectivity index (χ4v) is 2.67. The molecule has 6 heteroatoms. The predicted octanol–water partition coefficient (Wildman–Crippen LogP) is 0.773. The van der Waals surface area contributed by atoms with E-state index in [0.29, 0.717) is 0 Å². The lowest BCUT2D eigenvalue weighted by Crippen LogP contribution is -2.32. The Morgan fingerprint density at radius 2 is 2.06 bits per heavy atom. The normalized spacial score (nSPS) is 12.5. The zero-order valence-corrected chi connectivity index (χ0v) is 10.8. The van der Waals surface area contributed by atoms with Crippen molar-refractivity contribution in [2.24, 2.45) is 0 Å². The van der Waals surface area contributed by atoms with Gasteiger partial charge in [0.2, 0.25) is 10.0 Å². The highest BCUT2D eigenvalue weighted by atomic mass is 32.2. The Bertz CT molecular complexity index is 586. The first-order chi connectivity index (χ1) is 8.42. The lowest BCUT2D eigenvalue weighted by molar-refractivity contribution is 0.0596. The number of carbonyl (C=O) groups is 1. The fraction of sp³-hybridized carbons (Fsp3) is 0.250. The van der Waals surface area contributed by atoms with E-state index in [4.69, 9.17) is 6.42 Å². The number of rotatable bonds is 4. The van der Waals surface area contributed by atoms with Crippen LogP contribution in [0.5, 0.6) is 0 Å². The number of ether oxygens (including phenoxy) is 1. The Hall–Kier alpha value is -1.84. The summed E-state index contributed by atoms with van der Waals surface area (Å²) in [5.41, 5.74) is -0.0308. The number of hydrogen-bond acceptors (Lipinski definition) is 4. The molecule has 0 heterocycles. The van der Waals surface area contributed by atoms with Gasteiger partial charge < -0.3 is 4.74 Å². The van der Waals surface area contributed by atoms with E-state index in [1.54, 1.807) is 6.07 Å². The van der Waals surface area contributed by atoms with E-state index in [-0.39, 0.29) is 10.5 Å². The lowest BCUT2D eigenvalue weighted by atomic mass is 10.2. The van der Waals surface area contributed by atoms with E-state index >= 15 is 0 Å². The lowest BCUT2D eigenvalue weighted by Gasteiger charge is -2.11. The van der Waals surface area contributed by atoms with Crippen LogP contribution in [-0.4, -0.2) is 27.5 Å². The molecule has 1 rings (SSSR count). The molecule has 5 nitrogen and oxygen atoms in total. The van der Waals surface area contributed by atoms with Gasteiger partial charge in [0.05, 0.1) is 23.6 Å². The average molecular weight is 267 g/mol. The molecule has 0 saturated carbocycles. The van der Waals surface area contributed by atoms with Gasteiger partial charge in [-0.3, -0.25) is 0 Å². The van der Waals surface area contributed by atoms with Gasteiger partial charge in [-0.15, -0.1) is 6.42 Å². The number of carbonyl (C=O) groups excluding carboxylic acids is 1. The third-order valence-corrected chi connectivity index (χ3v) is 3.76. The molecule has 0 aliphatic carbocycles. The van der Waals surface area contributed by atoms with Crippen molar-refractivity contribution >= 4 is 16.0 Å². The smallest absolute Gasteiger partial charge is 0.339 e. The molecule has 0 aromatic heterocycles. The standard InChI is InChI=1S/C12H13NO4S/c1-4-9(2)13-18(15,16)11-8-6-5-7-10(11)12(14)17-3/h1,5-9,13H,2-3H3. The SMILES string of the molecule is C#CC(C)NS(=O)(=O)c1ccccc1C(=O)OC. The van der Waals surface area contributed by atoms with E-state index < -0.39 is 22.0 Å². The quantitative estimate of drug-likeness (QED) is 0.646. The maximum absolute atomic E-state index is 12.0. The fourth-order valence-electron chi connectivity index (χ4n) is 1.31. The minimum absolute atomic E-state index is 0.0308. The van der Waals surface area contributed by atoms with Crippen LogP contribution in [0.4, 0.5) is 0 Å². The monoisotopic (exact) mass is 267 g/mol. The van der Waals surface area contributed by atoms with Gasteiger partial charge in [0, 0.05) is 0 Å². The van der Waals surface area contributed by atoms with Crippen molar-refractivity contribution < 1.29 is 17.9 Å². The molecule has 96 valence electrons. The number of hydrogen-bond donors (Lipinski definition) is 1. The molecule has 1 atom stereocenters. The van der Waals surface area contributed by atoms with E-state index in [1.165, 1.54) is 32.2 Å². The van der Waals surface area contributed by atoms with Gasteiger partial charge in [-0.1, -0.05) is 18.1 Å². The van der Waals surface area contributed by atoms with Gasteiger partial charge in [-0.25, -0.2) is 13.2 Å². The van der Waals surface area contributed by atoms with Crippen LogP contribution >= 0.6 is 0 Å². The highest BCUT2D eigenvalue weighted by Gasteiger charge is 2.23. The Balaban J connectivity index is 3.25. The summed E-state index contributed by atoms with van der Waals surface area (Å²) in [5.74, 6) is 1.53. The van der Waals surface area contributed by atoms with Crippen molar-refractivity contribution in [3.05, 3.63) is 29.8 Å². The van der Waals surface area contributed by atoms with Crippen LogP contribution in [0, 0.1) is 12.3 Å². The molecule has 0 fully saturated rings. The van der Waals surface area contributed by atoms with Gasteiger partial charge in [-0.2, -0.15) is 4.72 Å². The Labute approximate surface area is 106 Å².